The number of urea groups is 1. The summed E-state index contributed by atoms with van der Waals surface area (Å²) in [5.74, 6) is -1.50. The third-order valence-electron chi connectivity index (χ3n) is 3.32. The average molecular weight is 318 g/mol. The fraction of sp³-hybridized carbons (Fsp3) is 0.312. The molecule has 1 fully saturated rings. The van der Waals surface area contributed by atoms with Gasteiger partial charge in [-0.05, 0) is 32.9 Å². The van der Waals surface area contributed by atoms with Crippen LogP contribution < -0.4 is 10.1 Å². The van der Waals surface area contributed by atoms with Crippen molar-refractivity contribution in [1.82, 2.24) is 10.2 Å². The Morgan fingerprint density at radius 2 is 1.87 bits per heavy atom. The Hall–Kier alpha value is -2.83. The number of nitrogens with one attached hydrogen (secondary N) is 1. The number of hydrogen-bond acceptors (Lipinski definition) is 5. The molecule has 0 radical (unpaired) electrons. The third kappa shape index (κ3) is 3.03. The van der Waals surface area contributed by atoms with Crippen molar-refractivity contribution in [3.8, 4) is 11.5 Å². The number of barbiturate groups is 1. The molecule has 1 aromatic carbocycles. The van der Waals surface area contributed by atoms with E-state index in [1.54, 1.807) is 32.9 Å². The predicted octanol–water partition coefficient (Wildman–Crippen LogP) is 1.66. The molecule has 122 valence electrons. The lowest BCUT2D eigenvalue weighted by Crippen LogP contribution is -2.60. The maximum atomic E-state index is 12.5. The van der Waals surface area contributed by atoms with Gasteiger partial charge in [-0.3, -0.25) is 19.8 Å². The molecule has 0 saturated carbocycles. The first-order chi connectivity index (χ1) is 10.7. The number of imide groups is 2. The molecule has 1 aliphatic heterocycles. The van der Waals surface area contributed by atoms with E-state index in [4.69, 9.17) is 4.74 Å². The molecule has 1 aliphatic rings. The van der Waals surface area contributed by atoms with Crippen LogP contribution in [0.25, 0.3) is 6.08 Å². The fourth-order valence-corrected chi connectivity index (χ4v) is 2.24. The Morgan fingerprint density at radius 1 is 1.22 bits per heavy atom. The maximum Gasteiger partial charge on any atom is 0.331 e. The molecule has 7 nitrogen and oxygen atoms in total. The number of carbonyl (C=O) groups is 3. The van der Waals surface area contributed by atoms with Gasteiger partial charge in [0.2, 0.25) is 0 Å². The minimum absolute atomic E-state index is 0.192. The molecule has 1 saturated heterocycles. The molecule has 1 heterocycles. The second-order valence-electron chi connectivity index (χ2n) is 6.03. The second-order valence-corrected chi connectivity index (χ2v) is 6.03. The van der Waals surface area contributed by atoms with Gasteiger partial charge < -0.3 is 9.84 Å². The maximum absolute atomic E-state index is 12.5. The second kappa shape index (κ2) is 5.75. The molecule has 1 aromatic rings. The topological polar surface area (TPSA) is 95.9 Å². The van der Waals surface area contributed by atoms with Crippen LogP contribution in [0.4, 0.5) is 4.79 Å². The third-order valence-corrected chi connectivity index (χ3v) is 3.32. The highest BCUT2D eigenvalue weighted by atomic mass is 16.5. The number of carbonyl (C=O) groups excluding carboxylic acids is 3. The van der Waals surface area contributed by atoms with Crippen molar-refractivity contribution in [2.24, 2.45) is 0 Å². The number of rotatable bonds is 2. The van der Waals surface area contributed by atoms with Crippen molar-refractivity contribution in [2.75, 3.05) is 7.11 Å². The molecule has 0 spiro atoms. The van der Waals surface area contributed by atoms with Gasteiger partial charge in [0.1, 0.15) is 5.57 Å². The lowest BCUT2D eigenvalue weighted by Gasteiger charge is -2.36. The normalized spacial score (nSPS) is 17.5. The van der Waals surface area contributed by atoms with Gasteiger partial charge in [-0.25, -0.2) is 4.79 Å². The van der Waals surface area contributed by atoms with Gasteiger partial charge in [0.25, 0.3) is 11.8 Å². The first kappa shape index (κ1) is 16.5. The highest BCUT2D eigenvalue weighted by Gasteiger charge is 2.41. The molecule has 0 atom stereocenters. The Labute approximate surface area is 133 Å². The van der Waals surface area contributed by atoms with Crippen LogP contribution in [0, 0.1) is 0 Å². The molecule has 23 heavy (non-hydrogen) atoms. The number of phenols is 1. The number of ether oxygens (including phenoxy) is 1. The Kier molecular flexibility index (Phi) is 4.14. The SMILES string of the molecule is COc1cccc(C=C2C(=O)NC(=O)N(C(C)(C)C)C2=O)c1O. The first-order valence-corrected chi connectivity index (χ1v) is 6.94. The zero-order valence-corrected chi connectivity index (χ0v) is 13.3. The summed E-state index contributed by atoms with van der Waals surface area (Å²) in [4.78, 5) is 37.4. The zero-order chi connectivity index (χ0) is 17.4. The summed E-state index contributed by atoms with van der Waals surface area (Å²) in [7, 11) is 1.39. The van der Waals surface area contributed by atoms with Crippen molar-refractivity contribution in [3.63, 3.8) is 0 Å². The number of amides is 4. The molecule has 0 aliphatic carbocycles. The molecular weight excluding hydrogens is 300 g/mol. The van der Waals surface area contributed by atoms with E-state index in [9.17, 15) is 19.5 Å². The van der Waals surface area contributed by atoms with E-state index < -0.39 is 23.4 Å². The standard InChI is InChI=1S/C16H18N2O5/c1-16(2,3)18-14(21)10(13(20)17-15(18)22)8-9-6-5-7-11(23-4)12(9)19/h5-8,19H,1-4H3,(H,17,20,22). The summed E-state index contributed by atoms with van der Waals surface area (Å²) < 4.78 is 4.99. The molecule has 2 N–H and O–H groups in total. The number of aromatic hydroxyl groups is 1. The van der Waals surface area contributed by atoms with Crippen LogP contribution in [0.3, 0.4) is 0 Å². The largest absolute Gasteiger partial charge is 0.504 e. The van der Waals surface area contributed by atoms with Crippen molar-refractivity contribution in [1.29, 1.82) is 0 Å². The predicted molar refractivity (Wildman–Crippen MR) is 82.8 cm³/mol. The van der Waals surface area contributed by atoms with Crippen molar-refractivity contribution in [3.05, 3.63) is 29.3 Å². The van der Waals surface area contributed by atoms with Gasteiger partial charge in [0, 0.05) is 11.1 Å². The summed E-state index contributed by atoms with van der Waals surface area (Å²) in [5.41, 5.74) is -0.786. The van der Waals surface area contributed by atoms with E-state index >= 15 is 0 Å². The van der Waals surface area contributed by atoms with Crippen LogP contribution >= 0.6 is 0 Å². The van der Waals surface area contributed by atoms with Crippen molar-refractivity contribution < 1.29 is 24.2 Å². The van der Waals surface area contributed by atoms with Crippen molar-refractivity contribution in [2.45, 2.75) is 26.3 Å². The van der Waals surface area contributed by atoms with Gasteiger partial charge in [-0.2, -0.15) is 0 Å². The van der Waals surface area contributed by atoms with E-state index in [-0.39, 0.29) is 22.6 Å². The van der Waals surface area contributed by atoms with E-state index in [2.05, 4.69) is 5.32 Å². The van der Waals surface area contributed by atoms with Gasteiger partial charge in [-0.15, -0.1) is 0 Å². The average Bonchev–Trinajstić information content (AvgIpc) is 2.43. The number of para-hydroxylation sites is 1. The Bertz CT molecular complexity index is 716. The minimum Gasteiger partial charge on any atom is -0.504 e. The lowest BCUT2D eigenvalue weighted by molar-refractivity contribution is -0.133. The number of phenolic OH excluding ortho intramolecular Hbond substituents is 1. The highest BCUT2D eigenvalue weighted by molar-refractivity contribution is 6.31. The van der Waals surface area contributed by atoms with Crippen LogP contribution in [-0.2, 0) is 9.59 Å². The smallest absolute Gasteiger partial charge is 0.331 e. The number of hydrogen-bond donors (Lipinski definition) is 2. The monoisotopic (exact) mass is 318 g/mol. The van der Waals surface area contributed by atoms with Gasteiger partial charge >= 0.3 is 6.03 Å². The summed E-state index contributed by atoms with van der Waals surface area (Å²) >= 11 is 0. The van der Waals surface area contributed by atoms with Crippen LogP contribution in [0.1, 0.15) is 26.3 Å². The first-order valence-electron chi connectivity index (χ1n) is 6.94. The highest BCUT2D eigenvalue weighted by Crippen LogP contribution is 2.32. The number of methoxy groups -OCH3 is 1. The van der Waals surface area contributed by atoms with E-state index in [1.165, 1.54) is 19.3 Å². The molecule has 0 bridgehead atoms. The molecule has 4 amide bonds. The van der Waals surface area contributed by atoms with Crippen LogP contribution in [0.5, 0.6) is 11.5 Å². The number of nitrogens with zero attached hydrogens (tertiary/aromatic N) is 1. The zero-order valence-electron chi connectivity index (χ0n) is 13.3. The number of benzene rings is 1. The molecule has 2 rings (SSSR count). The minimum atomic E-state index is -0.803. The fourth-order valence-electron chi connectivity index (χ4n) is 2.24. The Balaban J connectivity index is 2.51. The van der Waals surface area contributed by atoms with Gasteiger partial charge in [0.05, 0.1) is 7.11 Å². The molecule has 7 heteroatoms. The molecule has 0 aromatic heterocycles. The van der Waals surface area contributed by atoms with Crippen molar-refractivity contribution >= 4 is 23.9 Å². The van der Waals surface area contributed by atoms with E-state index in [1.807, 2.05) is 0 Å². The van der Waals surface area contributed by atoms with Crippen LogP contribution in [0.15, 0.2) is 23.8 Å². The van der Waals surface area contributed by atoms with Crippen LogP contribution in [-0.4, -0.2) is 40.5 Å². The van der Waals surface area contributed by atoms with Gasteiger partial charge in [0.15, 0.2) is 11.5 Å². The summed E-state index contributed by atoms with van der Waals surface area (Å²) in [6.07, 6.45) is 1.24. The lowest BCUT2D eigenvalue weighted by atomic mass is 10.0. The van der Waals surface area contributed by atoms with E-state index in [0.717, 1.165) is 4.90 Å². The quantitative estimate of drug-likeness (QED) is 0.638. The summed E-state index contributed by atoms with van der Waals surface area (Å²) in [5, 5.41) is 12.2. The summed E-state index contributed by atoms with van der Waals surface area (Å²) in [6.45, 7) is 5.04. The van der Waals surface area contributed by atoms with Crippen LogP contribution in [0.2, 0.25) is 0 Å². The van der Waals surface area contributed by atoms with Gasteiger partial charge in [-0.1, -0.05) is 12.1 Å². The molecular formula is C16H18N2O5. The van der Waals surface area contributed by atoms with E-state index in [0.29, 0.717) is 0 Å². The summed E-state index contributed by atoms with van der Waals surface area (Å²) in [6, 6.07) is 3.93. The Morgan fingerprint density at radius 3 is 2.43 bits per heavy atom. The molecule has 0 unspecified atom stereocenters.